The van der Waals surface area contributed by atoms with Crippen molar-refractivity contribution in [1.82, 2.24) is 15.3 Å². The smallest absolute Gasteiger partial charge is 0.253 e. The average molecular weight is 358 g/mol. The summed E-state index contributed by atoms with van der Waals surface area (Å²) in [7, 11) is 0. The van der Waals surface area contributed by atoms with Gasteiger partial charge < -0.3 is 5.32 Å². The van der Waals surface area contributed by atoms with Crippen molar-refractivity contribution in [2.45, 2.75) is 6.54 Å². The number of carbonyl (C=O) groups excluding carboxylic acids is 1. The second kappa shape index (κ2) is 7.43. The van der Waals surface area contributed by atoms with Crippen molar-refractivity contribution in [2.75, 3.05) is 0 Å². The molecule has 1 amide bonds. The fourth-order valence-electron chi connectivity index (χ4n) is 2.22. The predicted molar refractivity (Wildman–Crippen MR) is 95.1 cm³/mol. The minimum absolute atomic E-state index is 0.251. The molecule has 2 heterocycles. The number of carbonyl (C=O) groups is 1. The Morgan fingerprint density at radius 3 is 2.54 bits per heavy atom. The molecule has 3 aromatic rings. The van der Waals surface area contributed by atoms with Crippen molar-refractivity contribution in [3.63, 3.8) is 0 Å². The van der Waals surface area contributed by atoms with Crippen molar-refractivity contribution in [3.05, 3.63) is 82.2 Å². The van der Waals surface area contributed by atoms with Gasteiger partial charge in [-0.15, -0.1) is 0 Å². The first-order chi connectivity index (χ1) is 11.6. The first kappa shape index (κ1) is 16.4. The van der Waals surface area contributed by atoms with Gasteiger partial charge in [0, 0.05) is 35.7 Å². The van der Waals surface area contributed by atoms with E-state index in [0.717, 1.165) is 16.8 Å². The molecule has 4 nitrogen and oxygen atoms in total. The fourth-order valence-corrected chi connectivity index (χ4v) is 2.71. The molecule has 0 atom stereocenters. The zero-order valence-electron chi connectivity index (χ0n) is 12.5. The molecule has 0 aliphatic heterocycles. The van der Waals surface area contributed by atoms with Crippen LogP contribution >= 0.6 is 23.2 Å². The van der Waals surface area contributed by atoms with Gasteiger partial charge in [0.1, 0.15) is 0 Å². The molecule has 0 fully saturated rings. The minimum atomic E-state index is -0.251. The maximum Gasteiger partial charge on any atom is 0.253 e. The summed E-state index contributed by atoms with van der Waals surface area (Å²) in [5.41, 5.74) is 3.13. The van der Waals surface area contributed by atoms with Crippen molar-refractivity contribution in [3.8, 4) is 11.3 Å². The number of halogens is 2. The Hall–Kier alpha value is -2.43. The fraction of sp³-hybridized carbons (Fsp3) is 0.0556. The number of benzene rings is 1. The van der Waals surface area contributed by atoms with E-state index in [1.807, 2.05) is 24.3 Å². The van der Waals surface area contributed by atoms with E-state index < -0.39 is 0 Å². The lowest BCUT2D eigenvalue weighted by Gasteiger charge is -2.08. The van der Waals surface area contributed by atoms with Crippen LogP contribution in [0.25, 0.3) is 11.3 Å². The molecule has 24 heavy (non-hydrogen) atoms. The van der Waals surface area contributed by atoms with Crippen LogP contribution in [0.1, 0.15) is 15.9 Å². The molecule has 0 spiro atoms. The third-order valence-electron chi connectivity index (χ3n) is 3.43. The largest absolute Gasteiger partial charge is 0.348 e. The minimum Gasteiger partial charge on any atom is -0.348 e. The quantitative estimate of drug-likeness (QED) is 0.753. The van der Waals surface area contributed by atoms with E-state index in [1.165, 1.54) is 0 Å². The first-order valence-corrected chi connectivity index (χ1v) is 7.97. The van der Waals surface area contributed by atoms with E-state index >= 15 is 0 Å². The number of hydrogen-bond donors (Lipinski definition) is 1. The molecule has 0 saturated heterocycles. The summed E-state index contributed by atoms with van der Waals surface area (Å²) in [4.78, 5) is 20.6. The van der Waals surface area contributed by atoms with Crippen LogP contribution in [-0.2, 0) is 6.54 Å². The van der Waals surface area contributed by atoms with Crippen molar-refractivity contribution >= 4 is 29.1 Å². The number of pyridine rings is 2. The zero-order chi connectivity index (χ0) is 16.9. The Balaban J connectivity index is 1.72. The highest BCUT2D eigenvalue weighted by molar-refractivity contribution is 6.36. The summed E-state index contributed by atoms with van der Waals surface area (Å²) in [5, 5.41) is 3.67. The maximum absolute atomic E-state index is 12.2. The second-order valence-electron chi connectivity index (χ2n) is 5.09. The van der Waals surface area contributed by atoms with Gasteiger partial charge in [-0.25, -0.2) is 0 Å². The molecular formula is C18H13Cl2N3O. The molecule has 0 aliphatic carbocycles. The van der Waals surface area contributed by atoms with Gasteiger partial charge in [0.2, 0.25) is 0 Å². The molecule has 0 aliphatic rings. The van der Waals surface area contributed by atoms with Crippen LogP contribution in [0.2, 0.25) is 10.0 Å². The van der Waals surface area contributed by atoms with Gasteiger partial charge in [-0.3, -0.25) is 14.8 Å². The lowest BCUT2D eigenvalue weighted by atomic mass is 10.1. The number of hydrogen-bond acceptors (Lipinski definition) is 3. The zero-order valence-corrected chi connectivity index (χ0v) is 14.1. The highest BCUT2D eigenvalue weighted by Crippen LogP contribution is 2.21. The van der Waals surface area contributed by atoms with Crippen LogP contribution in [-0.4, -0.2) is 15.9 Å². The third-order valence-corrected chi connectivity index (χ3v) is 3.98. The molecule has 120 valence electrons. The summed E-state index contributed by atoms with van der Waals surface area (Å²) in [6.07, 6.45) is 5.15. The van der Waals surface area contributed by atoms with Crippen LogP contribution in [0.4, 0.5) is 0 Å². The van der Waals surface area contributed by atoms with Crippen molar-refractivity contribution in [2.24, 2.45) is 0 Å². The van der Waals surface area contributed by atoms with E-state index in [0.29, 0.717) is 22.2 Å². The van der Waals surface area contributed by atoms with Gasteiger partial charge in [0.15, 0.2) is 0 Å². The van der Waals surface area contributed by atoms with E-state index in [9.17, 15) is 4.79 Å². The number of nitrogens with one attached hydrogen (secondary N) is 1. The topological polar surface area (TPSA) is 54.9 Å². The molecule has 0 bridgehead atoms. The third kappa shape index (κ3) is 3.91. The van der Waals surface area contributed by atoms with Gasteiger partial charge in [-0.05, 0) is 48.0 Å². The normalized spacial score (nSPS) is 10.4. The van der Waals surface area contributed by atoms with Crippen LogP contribution in [0.3, 0.4) is 0 Å². The molecule has 6 heteroatoms. The number of aromatic nitrogens is 2. The summed E-state index contributed by atoms with van der Waals surface area (Å²) in [6.45, 7) is 0.373. The van der Waals surface area contributed by atoms with Gasteiger partial charge in [0.25, 0.3) is 5.91 Å². The Bertz CT molecular complexity index is 869. The Labute approximate surface area is 149 Å². The molecule has 0 unspecified atom stereocenters. The lowest BCUT2D eigenvalue weighted by molar-refractivity contribution is 0.0951. The Kier molecular flexibility index (Phi) is 5.08. The van der Waals surface area contributed by atoms with Gasteiger partial charge in [-0.1, -0.05) is 23.2 Å². The molecule has 1 N–H and O–H groups in total. The van der Waals surface area contributed by atoms with Crippen molar-refractivity contribution < 1.29 is 4.79 Å². The average Bonchev–Trinajstić information content (AvgIpc) is 2.61. The molecule has 2 aromatic heterocycles. The first-order valence-electron chi connectivity index (χ1n) is 7.22. The Morgan fingerprint density at radius 2 is 1.79 bits per heavy atom. The highest BCUT2D eigenvalue weighted by atomic mass is 35.5. The summed E-state index contributed by atoms with van der Waals surface area (Å²) >= 11 is 11.9. The predicted octanol–water partition coefficient (Wildman–Crippen LogP) is 4.38. The SMILES string of the molecule is O=C(NCc1ccnc(-c2ccncc2)c1)c1ccc(Cl)cc1Cl. The van der Waals surface area contributed by atoms with Crippen molar-refractivity contribution in [1.29, 1.82) is 0 Å². The Morgan fingerprint density at radius 1 is 1.00 bits per heavy atom. The summed E-state index contributed by atoms with van der Waals surface area (Å²) in [6, 6.07) is 12.3. The molecule has 1 aromatic carbocycles. The number of nitrogens with zero attached hydrogens (tertiary/aromatic N) is 2. The standard InChI is InChI=1S/C18H13Cl2N3O/c19-14-1-2-15(16(20)10-14)18(24)23-11-12-3-8-22-17(9-12)13-4-6-21-7-5-13/h1-10H,11H2,(H,23,24). The molecule has 0 radical (unpaired) electrons. The highest BCUT2D eigenvalue weighted by Gasteiger charge is 2.10. The van der Waals surface area contributed by atoms with E-state index in [-0.39, 0.29) is 5.91 Å². The van der Waals surface area contributed by atoms with E-state index in [1.54, 1.807) is 36.8 Å². The van der Waals surface area contributed by atoms with Crippen LogP contribution in [0, 0.1) is 0 Å². The molecule has 3 rings (SSSR count). The second-order valence-corrected chi connectivity index (χ2v) is 5.94. The molecule has 0 saturated carbocycles. The van der Waals surface area contributed by atoms with Gasteiger partial charge >= 0.3 is 0 Å². The number of rotatable bonds is 4. The van der Waals surface area contributed by atoms with Gasteiger partial charge in [-0.2, -0.15) is 0 Å². The monoisotopic (exact) mass is 357 g/mol. The summed E-state index contributed by atoms with van der Waals surface area (Å²) < 4.78 is 0. The van der Waals surface area contributed by atoms with Crippen LogP contribution in [0.5, 0.6) is 0 Å². The van der Waals surface area contributed by atoms with Crippen LogP contribution < -0.4 is 5.32 Å². The van der Waals surface area contributed by atoms with E-state index in [2.05, 4.69) is 15.3 Å². The maximum atomic E-state index is 12.2. The lowest BCUT2D eigenvalue weighted by Crippen LogP contribution is -2.23. The summed E-state index contributed by atoms with van der Waals surface area (Å²) in [5.74, 6) is -0.251. The van der Waals surface area contributed by atoms with Crippen LogP contribution in [0.15, 0.2) is 61.1 Å². The molecular weight excluding hydrogens is 345 g/mol. The van der Waals surface area contributed by atoms with Gasteiger partial charge in [0.05, 0.1) is 16.3 Å². The van der Waals surface area contributed by atoms with E-state index in [4.69, 9.17) is 23.2 Å². The number of amides is 1.